The Balaban J connectivity index is 1.18. The number of anilines is 3. The number of pyridine rings is 4. The fourth-order valence-electron chi connectivity index (χ4n) is 7.25. The van der Waals surface area contributed by atoms with Gasteiger partial charge >= 0.3 is 0 Å². The maximum atomic E-state index is 6.36. The van der Waals surface area contributed by atoms with Crippen molar-refractivity contribution in [2.75, 3.05) is 4.90 Å². The molecule has 11 rings (SSSR count). The van der Waals surface area contributed by atoms with Crippen molar-refractivity contribution in [1.29, 1.82) is 0 Å². The lowest BCUT2D eigenvalue weighted by Gasteiger charge is -2.33. The number of benzene rings is 4. The summed E-state index contributed by atoms with van der Waals surface area (Å²) in [6.45, 7) is 0. The van der Waals surface area contributed by atoms with Gasteiger partial charge in [-0.1, -0.05) is 42.5 Å². The largest absolute Gasteiger partial charge is 0.453 e. The Labute approximate surface area is 343 Å². The van der Waals surface area contributed by atoms with Crippen molar-refractivity contribution in [2.45, 2.75) is 0 Å². The van der Waals surface area contributed by atoms with Gasteiger partial charge in [-0.05, 0) is 108 Å². The Morgan fingerprint density at radius 1 is 0.400 bits per heavy atom. The molecule has 0 aliphatic carbocycles. The SMILES string of the molecule is c1ccc(-c2nc(-c3cccnc3)nc(-c3cc(-c4nc(-c5cccnc5)nc(-c5ccccn5)n4)c4cc(N5c6ccccc6Oc6ccccc65)ccc4c3)n2)nc1. The monoisotopic (exact) mass is 775 g/mol. The second kappa shape index (κ2) is 14.7. The van der Waals surface area contributed by atoms with E-state index in [-0.39, 0.29) is 0 Å². The van der Waals surface area contributed by atoms with Crippen molar-refractivity contribution in [3.8, 4) is 80.1 Å². The standard InChI is InChI=1S/C48H29N11O/c1-3-17-41-39(15-1)59(40-16-2-4-18-42(40)60-41)34-20-19-30-25-33(45-53-43(31-11-9-21-49-28-31)55-47(57-45)37-13-5-7-23-51-37)26-36(35(30)27-34)46-54-44(32-12-10-22-50-29-32)56-48(58-46)38-14-6-8-24-52-38/h1-29H. The van der Waals surface area contributed by atoms with Gasteiger partial charge in [-0.25, -0.2) is 29.9 Å². The van der Waals surface area contributed by atoms with E-state index >= 15 is 0 Å². The number of ether oxygens (including phenoxy) is 1. The van der Waals surface area contributed by atoms with E-state index in [2.05, 4.69) is 61.2 Å². The molecule has 12 nitrogen and oxygen atoms in total. The summed E-state index contributed by atoms with van der Waals surface area (Å²) in [5, 5.41) is 1.80. The van der Waals surface area contributed by atoms with Crippen LogP contribution < -0.4 is 9.64 Å². The van der Waals surface area contributed by atoms with Crippen molar-refractivity contribution < 1.29 is 4.74 Å². The molecule has 1 aliphatic rings. The summed E-state index contributed by atoms with van der Waals surface area (Å²) in [4.78, 5) is 50.2. The quantitative estimate of drug-likeness (QED) is 0.152. The average Bonchev–Trinajstić information content (AvgIpc) is 3.33. The molecule has 0 radical (unpaired) electrons. The number of fused-ring (bicyclic) bond motifs is 3. The van der Waals surface area contributed by atoms with E-state index in [1.807, 2.05) is 103 Å². The summed E-state index contributed by atoms with van der Waals surface area (Å²) in [6.07, 6.45) is 10.4. The summed E-state index contributed by atoms with van der Waals surface area (Å²) >= 11 is 0. The molecule has 4 aromatic carbocycles. The van der Waals surface area contributed by atoms with E-state index in [1.54, 1.807) is 37.2 Å². The van der Waals surface area contributed by atoms with E-state index in [9.17, 15) is 0 Å². The smallest absolute Gasteiger partial charge is 0.182 e. The molecule has 6 aromatic heterocycles. The van der Waals surface area contributed by atoms with Gasteiger partial charge < -0.3 is 9.64 Å². The molecule has 7 heterocycles. The van der Waals surface area contributed by atoms with Crippen LogP contribution in [0.1, 0.15) is 0 Å². The second-order valence-electron chi connectivity index (χ2n) is 13.8. The Hall–Kier alpha value is -8.64. The maximum Gasteiger partial charge on any atom is 0.182 e. The molecule has 0 saturated carbocycles. The molecule has 0 fully saturated rings. The maximum absolute atomic E-state index is 6.36. The van der Waals surface area contributed by atoms with Crippen LogP contribution in [0.3, 0.4) is 0 Å². The van der Waals surface area contributed by atoms with Crippen LogP contribution in [0.15, 0.2) is 177 Å². The number of aromatic nitrogens is 10. The molecule has 0 N–H and O–H groups in total. The number of hydrogen-bond donors (Lipinski definition) is 0. The molecular formula is C48H29N11O. The zero-order chi connectivity index (χ0) is 39.8. The minimum absolute atomic E-state index is 0.418. The first-order chi connectivity index (χ1) is 29.7. The van der Waals surface area contributed by atoms with E-state index in [4.69, 9.17) is 34.6 Å². The van der Waals surface area contributed by atoms with Crippen molar-refractivity contribution in [3.05, 3.63) is 177 Å². The van der Waals surface area contributed by atoms with Crippen LogP contribution in [-0.4, -0.2) is 49.8 Å². The van der Waals surface area contributed by atoms with E-state index in [0.29, 0.717) is 46.3 Å². The summed E-state index contributed by atoms with van der Waals surface area (Å²) in [5.74, 6) is 4.16. The van der Waals surface area contributed by atoms with Gasteiger partial charge in [0, 0.05) is 65.1 Å². The zero-order valence-electron chi connectivity index (χ0n) is 31.6. The van der Waals surface area contributed by atoms with Crippen LogP contribution in [0.25, 0.3) is 79.4 Å². The first-order valence-corrected chi connectivity index (χ1v) is 19.1. The normalized spacial score (nSPS) is 11.8. The molecule has 0 unspecified atom stereocenters. The van der Waals surface area contributed by atoms with Gasteiger partial charge in [0.2, 0.25) is 0 Å². The molecule has 0 bridgehead atoms. The first-order valence-electron chi connectivity index (χ1n) is 19.1. The third-order valence-corrected chi connectivity index (χ3v) is 10.0. The highest BCUT2D eigenvalue weighted by Gasteiger charge is 2.26. The minimum atomic E-state index is 0.418. The molecule has 1 aliphatic heterocycles. The first kappa shape index (κ1) is 34.6. The molecule has 0 atom stereocenters. The summed E-state index contributed by atoms with van der Waals surface area (Å²) in [6, 6.07) is 45.4. The van der Waals surface area contributed by atoms with Crippen molar-refractivity contribution in [3.63, 3.8) is 0 Å². The Kier molecular flexibility index (Phi) is 8.48. The lowest BCUT2D eigenvalue weighted by atomic mass is 9.98. The van der Waals surface area contributed by atoms with Gasteiger partial charge in [-0.3, -0.25) is 19.9 Å². The second-order valence-corrected chi connectivity index (χ2v) is 13.8. The number of para-hydroxylation sites is 4. The molecule has 10 aromatic rings. The molecule has 0 saturated heterocycles. The highest BCUT2D eigenvalue weighted by molar-refractivity contribution is 6.02. The Morgan fingerprint density at radius 3 is 1.50 bits per heavy atom. The van der Waals surface area contributed by atoms with Gasteiger partial charge in [-0.15, -0.1) is 0 Å². The highest BCUT2D eigenvalue weighted by Crippen LogP contribution is 2.51. The summed E-state index contributed by atoms with van der Waals surface area (Å²) in [7, 11) is 0. The fraction of sp³-hybridized carbons (Fsp3) is 0. The minimum Gasteiger partial charge on any atom is -0.453 e. The zero-order valence-corrected chi connectivity index (χ0v) is 31.6. The predicted molar refractivity (Wildman–Crippen MR) is 229 cm³/mol. The van der Waals surface area contributed by atoms with Crippen LogP contribution in [0, 0.1) is 0 Å². The highest BCUT2D eigenvalue weighted by atomic mass is 16.5. The van der Waals surface area contributed by atoms with Crippen LogP contribution in [0.4, 0.5) is 17.1 Å². The Bertz CT molecular complexity index is 3030. The third kappa shape index (κ3) is 6.39. The average molecular weight is 776 g/mol. The number of hydrogen-bond acceptors (Lipinski definition) is 12. The van der Waals surface area contributed by atoms with Gasteiger partial charge in [0.15, 0.2) is 46.4 Å². The van der Waals surface area contributed by atoms with Crippen LogP contribution >= 0.6 is 0 Å². The van der Waals surface area contributed by atoms with Crippen molar-refractivity contribution >= 4 is 27.8 Å². The van der Waals surface area contributed by atoms with Crippen LogP contribution in [0.5, 0.6) is 11.5 Å². The molecule has 0 spiro atoms. The number of nitrogens with zero attached hydrogens (tertiary/aromatic N) is 11. The Morgan fingerprint density at radius 2 is 0.933 bits per heavy atom. The lowest BCUT2D eigenvalue weighted by Crippen LogP contribution is -2.15. The molecule has 12 heteroatoms. The van der Waals surface area contributed by atoms with Gasteiger partial charge in [0.25, 0.3) is 0 Å². The molecule has 60 heavy (non-hydrogen) atoms. The molecule has 0 amide bonds. The topological polar surface area (TPSA) is 141 Å². The van der Waals surface area contributed by atoms with Gasteiger partial charge in [0.1, 0.15) is 11.4 Å². The lowest BCUT2D eigenvalue weighted by molar-refractivity contribution is 0.477. The van der Waals surface area contributed by atoms with Crippen molar-refractivity contribution in [2.24, 2.45) is 0 Å². The van der Waals surface area contributed by atoms with Crippen LogP contribution in [-0.2, 0) is 0 Å². The molecular weight excluding hydrogens is 747 g/mol. The van der Waals surface area contributed by atoms with Crippen molar-refractivity contribution in [1.82, 2.24) is 49.8 Å². The predicted octanol–water partition coefficient (Wildman–Crippen LogP) is 10.4. The third-order valence-electron chi connectivity index (χ3n) is 10.0. The van der Waals surface area contributed by atoms with Gasteiger partial charge in [-0.2, -0.15) is 0 Å². The number of rotatable bonds is 7. The van der Waals surface area contributed by atoms with Gasteiger partial charge in [0.05, 0.1) is 11.4 Å². The fourth-order valence-corrected chi connectivity index (χ4v) is 7.25. The summed E-state index contributed by atoms with van der Waals surface area (Å²) in [5.41, 5.74) is 6.90. The van der Waals surface area contributed by atoms with E-state index < -0.39 is 0 Å². The molecule has 282 valence electrons. The van der Waals surface area contributed by atoms with E-state index in [0.717, 1.165) is 61.6 Å². The van der Waals surface area contributed by atoms with E-state index in [1.165, 1.54) is 0 Å². The van der Waals surface area contributed by atoms with Crippen LogP contribution in [0.2, 0.25) is 0 Å². The summed E-state index contributed by atoms with van der Waals surface area (Å²) < 4.78 is 6.36.